The number of amides is 3. The molecule has 0 aromatic heterocycles. The number of carbonyl (C=O) groups excluding carboxylic acids is 4. The summed E-state index contributed by atoms with van der Waals surface area (Å²) in [6.07, 6.45) is 2.04. The van der Waals surface area contributed by atoms with E-state index in [9.17, 15) is 19.2 Å². The number of nitrogens with zero attached hydrogens (tertiary/aromatic N) is 1. The molecule has 1 aliphatic carbocycles. The fourth-order valence-electron chi connectivity index (χ4n) is 3.62. The Morgan fingerprint density at radius 3 is 2.33 bits per heavy atom. The highest BCUT2D eigenvalue weighted by Crippen LogP contribution is 2.34. The zero-order chi connectivity index (χ0) is 23.7. The van der Waals surface area contributed by atoms with Crippen molar-refractivity contribution in [3.05, 3.63) is 83.7 Å². The normalized spacial score (nSPS) is 14.3. The van der Waals surface area contributed by atoms with Crippen molar-refractivity contribution in [1.82, 2.24) is 15.5 Å². The highest BCUT2D eigenvalue weighted by molar-refractivity contribution is 6.08. The Kier molecular flexibility index (Phi) is 5.83. The Bertz CT molecular complexity index is 1200. The van der Waals surface area contributed by atoms with Gasteiger partial charge in [0.2, 0.25) is 0 Å². The Labute approximate surface area is 190 Å². The number of hydrogen-bond acceptors (Lipinski definition) is 5. The van der Waals surface area contributed by atoms with Gasteiger partial charge >= 0.3 is 5.97 Å². The van der Waals surface area contributed by atoms with Gasteiger partial charge in [0.25, 0.3) is 17.7 Å². The van der Waals surface area contributed by atoms with Gasteiger partial charge in [-0.25, -0.2) is 4.79 Å². The van der Waals surface area contributed by atoms with Crippen molar-refractivity contribution in [3.63, 3.8) is 0 Å². The van der Waals surface area contributed by atoms with Crippen LogP contribution in [0.3, 0.4) is 0 Å². The molecule has 0 atom stereocenters. The molecule has 1 fully saturated rings. The van der Waals surface area contributed by atoms with Gasteiger partial charge in [0.05, 0.1) is 13.7 Å². The standard InChI is InChI=1S/C25H23N3O5/c1-14(25(32)33-3)26-22(29)15(2)28-13-21-19(5-4-6-20(21)24(28)31)16-7-9-17(10-8-16)23(30)27-18-11-12-18/h4-10,18H,1-2,11-13H2,3H3,(H,26,29)(H,27,30). The molecule has 2 N–H and O–H groups in total. The number of ether oxygens (including phenoxy) is 1. The fraction of sp³-hybridized carbons (Fsp3) is 0.200. The van der Waals surface area contributed by atoms with Gasteiger partial charge in [0.1, 0.15) is 11.4 Å². The molecule has 2 aliphatic rings. The SMILES string of the molecule is C=C(NC(=O)C(=C)N1Cc2c(cccc2-c2ccc(C(=O)NC3CC3)cc2)C1=O)C(=O)OC. The molecule has 4 rings (SSSR count). The summed E-state index contributed by atoms with van der Waals surface area (Å²) in [5.74, 6) is -1.97. The number of benzene rings is 2. The van der Waals surface area contributed by atoms with Gasteiger partial charge in [-0.3, -0.25) is 19.3 Å². The first kappa shape index (κ1) is 22.0. The first-order valence-corrected chi connectivity index (χ1v) is 10.4. The van der Waals surface area contributed by atoms with Crippen LogP contribution in [0.25, 0.3) is 11.1 Å². The molecule has 8 nitrogen and oxygen atoms in total. The van der Waals surface area contributed by atoms with Crippen molar-refractivity contribution in [2.75, 3.05) is 7.11 Å². The van der Waals surface area contributed by atoms with Crippen molar-refractivity contribution >= 4 is 23.7 Å². The summed E-state index contributed by atoms with van der Waals surface area (Å²) in [6.45, 7) is 7.32. The van der Waals surface area contributed by atoms with Crippen LogP contribution in [0.5, 0.6) is 0 Å². The van der Waals surface area contributed by atoms with E-state index in [1.165, 1.54) is 12.0 Å². The van der Waals surface area contributed by atoms with Crippen LogP contribution in [0.2, 0.25) is 0 Å². The molecule has 1 saturated carbocycles. The zero-order valence-corrected chi connectivity index (χ0v) is 18.1. The van der Waals surface area contributed by atoms with E-state index in [0.29, 0.717) is 11.1 Å². The predicted molar refractivity (Wildman–Crippen MR) is 121 cm³/mol. The molecule has 0 unspecified atom stereocenters. The van der Waals surface area contributed by atoms with Gasteiger partial charge in [-0.2, -0.15) is 0 Å². The second-order valence-electron chi connectivity index (χ2n) is 7.92. The third-order valence-electron chi connectivity index (χ3n) is 5.62. The van der Waals surface area contributed by atoms with E-state index in [2.05, 4.69) is 28.5 Å². The first-order valence-electron chi connectivity index (χ1n) is 10.4. The van der Waals surface area contributed by atoms with E-state index in [1.54, 1.807) is 24.3 Å². The summed E-state index contributed by atoms with van der Waals surface area (Å²) in [6, 6.07) is 12.8. The van der Waals surface area contributed by atoms with Crippen molar-refractivity contribution in [1.29, 1.82) is 0 Å². The van der Waals surface area contributed by atoms with E-state index < -0.39 is 11.9 Å². The average molecular weight is 445 g/mol. The highest BCUT2D eigenvalue weighted by Gasteiger charge is 2.33. The fourth-order valence-corrected chi connectivity index (χ4v) is 3.62. The van der Waals surface area contributed by atoms with Gasteiger partial charge in [-0.15, -0.1) is 0 Å². The van der Waals surface area contributed by atoms with E-state index in [0.717, 1.165) is 29.5 Å². The first-order chi connectivity index (χ1) is 15.8. The van der Waals surface area contributed by atoms with Crippen LogP contribution in [0.4, 0.5) is 0 Å². The maximum absolute atomic E-state index is 13.0. The van der Waals surface area contributed by atoms with Gasteiger partial charge < -0.3 is 15.4 Å². The molecule has 2 aromatic carbocycles. The maximum atomic E-state index is 13.0. The van der Waals surface area contributed by atoms with E-state index >= 15 is 0 Å². The van der Waals surface area contributed by atoms with Crippen LogP contribution in [-0.2, 0) is 20.9 Å². The lowest BCUT2D eigenvalue weighted by atomic mass is 9.96. The molecule has 0 radical (unpaired) electrons. The minimum Gasteiger partial charge on any atom is -0.464 e. The lowest BCUT2D eigenvalue weighted by Crippen LogP contribution is -2.36. The molecule has 0 bridgehead atoms. The molecule has 0 saturated heterocycles. The van der Waals surface area contributed by atoms with Crippen molar-refractivity contribution in [3.8, 4) is 11.1 Å². The Morgan fingerprint density at radius 1 is 1.03 bits per heavy atom. The molecule has 0 spiro atoms. The Morgan fingerprint density at radius 2 is 1.70 bits per heavy atom. The highest BCUT2D eigenvalue weighted by atomic mass is 16.5. The van der Waals surface area contributed by atoms with Crippen LogP contribution < -0.4 is 10.6 Å². The molecular formula is C25H23N3O5. The zero-order valence-electron chi connectivity index (χ0n) is 18.1. The number of esters is 1. The quantitative estimate of drug-likeness (QED) is 0.503. The van der Waals surface area contributed by atoms with Crippen molar-refractivity contribution in [2.45, 2.75) is 25.4 Å². The van der Waals surface area contributed by atoms with Gasteiger partial charge in [0.15, 0.2) is 0 Å². The van der Waals surface area contributed by atoms with Crippen LogP contribution in [-0.4, -0.2) is 41.7 Å². The van der Waals surface area contributed by atoms with Crippen LogP contribution in [0.1, 0.15) is 39.1 Å². The van der Waals surface area contributed by atoms with Crippen LogP contribution in [0.15, 0.2) is 67.0 Å². The summed E-state index contributed by atoms with van der Waals surface area (Å²) in [5, 5.41) is 5.25. The summed E-state index contributed by atoms with van der Waals surface area (Å²) in [5.41, 5.74) is 3.09. The van der Waals surface area contributed by atoms with Gasteiger partial charge in [-0.1, -0.05) is 37.4 Å². The predicted octanol–water partition coefficient (Wildman–Crippen LogP) is 2.52. The number of fused-ring (bicyclic) bond motifs is 1. The molecule has 2 aromatic rings. The second kappa shape index (κ2) is 8.74. The second-order valence-corrected chi connectivity index (χ2v) is 7.92. The third-order valence-corrected chi connectivity index (χ3v) is 5.62. The number of rotatable bonds is 7. The molecular weight excluding hydrogens is 422 g/mol. The molecule has 33 heavy (non-hydrogen) atoms. The van der Waals surface area contributed by atoms with Crippen molar-refractivity contribution in [2.24, 2.45) is 0 Å². The lowest BCUT2D eigenvalue weighted by Gasteiger charge is -2.18. The minimum atomic E-state index is -0.788. The molecule has 1 aliphatic heterocycles. The number of hydrogen-bond donors (Lipinski definition) is 2. The largest absolute Gasteiger partial charge is 0.464 e. The topological polar surface area (TPSA) is 105 Å². The maximum Gasteiger partial charge on any atom is 0.353 e. The average Bonchev–Trinajstić information content (AvgIpc) is 3.58. The van der Waals surface area contributed by atoms with E-state index in [1.807, 2.05) is 18.2 Å². The molecule has 1 heterocycles. The van der Waals surface area contributed by atoms with E-state index in [-0.39, 0.29) is 35.8 Å². The van der Waals surface area contributed by atoms with E-state index in [4.69, 9.17) is 0 Å². The Hall–Kier alpha value is -4.20. The monoisotopic (exact) mass is 445 g/mol. The third kappa shape index (κ3) is 4.41. The summed E-state index contributed by atoms with van der Waals surface area (Å²) < 4.78 is 4.51. The number of methoxy groups -OCH3 is 1. The van der Waals surface area contributed by atoms with Crippen LogP contribution in [0, 0.1) is 0 Å². The number of nitrogens with one attached hydrogen (secondary N) is 2. The smallest absolute Gasteiger partial charge is 0.353 e. The van der Waals surface area contributed by atoms with Crippen molar-refractivity contribution < 1.29 is 23.9 Å². The Balaban J connectivity index is 1.53. The number of carbonyl (C=O) groups is 4. The molecule has 168 valence electrons. The minimum absolute atomic E-state index is 0.0976. The van der Waals surface area contributed by atoms with Gasteiger partial charge in [0, 0.05) is 17.2 Å². The van der Waals surface area contributed by atoms with Crippen LogP contribution >= 0.6 is 0 Å². The van der Waals surface area contributed by atoms with Gasteiger partial charge in [-0.05, 0) is 47.7 Å². The molecule has 3 amide bonds. The summed E-state index contributed by atoms with van der Waals surface area (Å²) >= 11 is 0. The lowest BCUT2D eigenvalue weighted by molar-refractivity contribution is -0.137. The molecule has 8 heteroatoms. The summed E-state index contributed by atoms with van der Waals surface area (Å²) in [7, 11) is 1.17. The summed E-state index contributed by atoms with van der Waals surface area (Å²) in [4.78, 5) is 50.4.